The number of hydrogen-bond donors (Lipinski definition) is 1. The molecule has 0 saturated heterocycles. The Labute approximate surface area is 166 Å². The monoisotopic (exact) mass is 392 g/mol. The standard InChI is InChI=1S/C22H20N2O3S/c1-13-21(15-7-3-4-8-16(15)23-13)22(26)14(2)27-20(25)12-11-19-24-17-9-5-6-10-18(17)28-19/h3-10,14,23H,11-12H2,1-2H3/t14-/m1/s1. The van der Waals surface area contributed by atoms with Crippen molar-refractivity contribution in [2.24, 2.45) is 0 Å². The van der Waals surface area contributed by atoms with Crippen molar-refractivity contribution in [3.8, 4) is 0 Å². The summed E-state index contributed by atoms with van der Waals surface area (Å²) in [4.78, 5) is 32.9. The molecule has 28 heavy (non-hydrogen) atoms. The van der Waals surface area contributed by atoms with Crippen molar-refractivity contribution in [2.45, 2.75) is 32.8 Å². The van der Waals surface area contributed by atoms with Gasteiger partial charge in [0.15, 0.2) is 6.10 Å². The summed E-state index contributed by atoms with van der Waals surface area (Å²) in [6.45, 7) is 3.48. The lowest BCUT2D eigenvalue weighted by Crippen LogP contribution is -2.25. The van der Waals surface area contributed by atoms with E-state index in [1.54, 1.807) is 18.3 Å². The molecule has 4 aromatic rings. The van der Waals surface area contributed by atoms with Crippen LogP contribution in [-0.2, 0) is 16.0 Å². The van der Waals surface area contributed by atoms with Gasteiger partial charge in [0.25, 0.3) is 0 Å². The molecule has 6 heteroatoms. The van der Waals surface area contributed by atoms with Crippen LogP contribution in [0.3, 0.4) is 0 Å². The van der Waals surface area contributed by atoms with E-state index >= 15 is 0 Å². The number of ketones is 1. The molecule has 0 aliphatic heterocycles. The highest BCUT2D eigenvalue weighted by atomic mass is 32.1. The van der Waals surface area contributed by atoms with Gasteiger partial charge in [-0.3, -0.25) is 9.59 Å². The van der Waals surface area contributed by atoms with Crippen LogP contribution in [-0.4, -0.2) is 27.8 Å². The Hall–Kier alpha value is -2.99. The van der Waals surface area contributed by atoms with E-state index in [1.165, 1.54) is 0 Å². The Balaban J connectivity index is 1.41. The number of nitrogens with zero attached hydrogens (tertiary/aromatic N) is 1. The zero-order valence-electron chi connectivity index (χ0n) is 15.7. The molecular weight excluding hydrogens is 372 g/mol. The maximum Gasteiger partial charge on any atom is 0.306 e. The van der Waals surface area contributed by atoms with Crippen molar-refractivity contribution in [1.82, 2.24) is 9.97 Å². The van der Waals surface area contributed by atoms with Gasteiger partial charge in [-0.25, -0.2) is 4.98 Å². The minimum atomic E-state index is -0.833. The molecule has 5 nitrogen and oxygen atoms in total. The number of fused-ring (bicyclic) bond motifs is 2. The summed E-state index contributed by atoms with van der Waals surface area (Å²) in [6.07, 6.45) is -0.129. The number of thiazole rings is 1. The molecule has 0 radical (unpaired) electrons. The number of hydrogen-bond acceptors (Lipinski definition) is 5. The predicted octanol–water partition coefficient (Wildman–Crippen LogP) is 4.83. The number of aromatic amines is 1. The summed E-state index contributed by atoms with van der Waals surface area (Å²) in [5.41, 5.74) is 3.21. The summed E-state index contributed by atoms with van der Waals surface area (Å²) in [5, 5.41) is 1.74. The third-order valence-corrected chi connectivity index (χ3v) is 5.79. The number of carbonyl (C=O) groups is 2. The molecule has 2 heterocycles. The lowest BCUT2D eigenvalue weighted by molar-refractivity contribution is -0.146. The summed E-state index contributed by atoms with van der Waals surface area (Å²) < 4.78 is 6.51. The highest BCUT2D eigenvalue weighted by Crippen LogP contribution is 2.25. The summed E-state index contributed by atoms with van der Waals surface area (Å²) >= 11 is 1.58. The first-order chi connectivity index (χ1) is 13.5. The Morgan fingerprint density at radius 2 is 1.89 bits per heavy atom. The van der Waals surface area contributed by atoms with Gasteiger partial charge in [0.1, 0.15) is 0 Å². The predicted molar refractivity (Wildman–Crippen MR) is 111 cm³/mol. The van der Waals surface area contributed by atoms with Crippen molar-refractivity contribution >= 4 is 44.2 Å². The number of aryl methyl sites for hydroxylation is 2. The summed E-state index contributed by atoms with van der Waals surface area (Å²) in [5.74, 6) is -0.583. The average molecular weight is 392 g/mol. The van der Waals surface area contributed by atoms with Crippen LogP contribution in [0.25, 0.3) is 21.1 Å². The number of rotatable bonds is 6. The Bertz CT molecular complexity index is 1140. The number of Topliss-reactive ketones (excluding diaryl/α,β-unsaturated/α-hetero) is 1. The molecular formula is C22H20N2O3S. The van der Waals surface area contributed by atoms with Crippen LogP contribution in [0.5, 0.6) is 0 Å². The minimum Gasteiger partial charge on any atom is -0.454 e. The molecule has 0 amide bonds. The minimum absolute atomic E-state index is 0.191. The number of aromatic nitrogens is 2. The van der Waals surface area contributed by atoms with Gasteiger partial charge in [-0.2, -0.15) is 0 Å². The highest BCUT2D eigenvalue weighted by molar-refractivity contribution is 7.18. The maximum absolute atomic E-state index is 12.9. The lowest BCUT2D eigenvalue weighted by atomic mass is 10.0. The van der Waals surface area contributed by atoms with Gasteiger partial charge in [0.05, 0.1) is 21.6 Å². The van der Waals surface area contributed by atoms with Crippen molar-refractivity contribution < 1.29 is 14.3 Å². The maximum atomic E-state index is 12.9. The van der Waals surface area contributed by atoms with E-state index in [0.29, 0.717) is 12.0 Å². The third kappa shape index (κ3) is 3.55. The van der Waals surface area contributed by atoms with Gasteiger partial charge in [-0.05, 0) is 32.0 Å². The van der Waals surface area contributed by atoms with Crippen LogP contribution in [0, 0.1) is 6.92 Å². The van der Waals surface area contributed by atoms with Gasteiger partial charge >= 0.3 is 5.97 Å². The van der Waals surface area contributed by atoms with Gasteiger partial charge in [-0.15, -0.1) is 11.3 Å². The second-order valence-corrected chi connectivity index (χ2v) is 7.86. The van der Waals surface area contributed by atoms with Crippen molar-refractivity contribution in [2.75, 3.05) is 0 Å². The Morgan fingerprint density at radius 3 is 2.71 bits per heavy atom. The van der Waals surface area contributed by atoms with E-state index < -0.39 is 12.1 Å². The molecule has 0 aliphatic rings. The van der Waals surface area contributed by atoms with Crippen molar-refractivity contribution in [1.29, 1.82) is 0 Å². The molecule has 0 bridgehead atoms. The normalized spacial score (nSPS) is 12.4. The fourth-order valence-electron chi connectivity index (χ4n) is 3.34. The van der Waals surface area contributed by atoms with E-state index in [-0.39, 0.29) is 12.2 Å². The summed E-state index contributed by atoms with van der Waals surface area (Å²) in [7, 11) is 0. The zero-order valence-corrected chi connectivity index (χ0v) is 16.5. The first kappa shape index (κ1) is 18.4. The number of para-hydroxylation sites is 2. The fraction of sp³-hybridized carbons (Fsp3) is 0.227. The molecule has 0 spiro atoms. The van der Waals surface area contributed by atoms with Crippen LogP contribution >= 0.6 is 11.3 Å². The van der Waals surface area contributed by atoms with E-state index in [0.717, 1.165) is 31.8 Å². The van der Waals surface area contributed by atoms with Gasteiger partial charge in [0, 0.05) is 28.6 Å². The third-order valence-electron chi connectivity index (χ3n) is 4.70. The molecule has 0 unspecified atom stereocenters. The topological polar surface area (TPSA) is 72.1 Å². The second-order valence-electron chi connectivity index (χ2n) is 6.74. The highest BCUT2D eigenvalue weighted by Gasteiger charge is 2.24. The largest absolute Gasteiger partial charge is 0.454 e. The van der Waals surface area contributed by atoms with Crippen LogP contribution in [0.2, 0.25) is 0 Å². The van der Waals surface area contributed by atoms with E-state index in [9.17, 15) is 9.59 Å². The van der Waals surface area contributed by atoms with Crippen LogP contribution < -0.4 is 0 Å². The number of nitrogens with one attached hydrogen (secondary N) is 1. The molecule has 0 fully saturated rings. The first-order valence-electron chi connectivity index (χ1n) is 9.18. The van der Waals surface area contributed by atoms with Gasteiger partial charge in [0.2, 0.25) is 5.78 Å². The van der Waals surface area contributed by atoms with Crippen molar-refractivity contribution in [3.05, 3.63) is 64.8 Å². The molecule has 4 rings (SSSR count). The van der Waals surface area contributed by atoms with E-state index in [1.807, 2.05) is 55.5 Å². The molecule has 2 aromatic carbocycles. The number of carbonyl (C=O) groups excluding carboxylic acids is 2. The number of benzene rings is 2. The zero-order chi connectivity index (χ0) is 19.7. The smallest absolute Gasteiger partial charge is 0.306 e. The molecule has 1 atom stereocenters. The van der Waals surface area contributed by atoms with Crippen LogP contribution in [0.4, 0.5) is 0 Å². The Morgan fingerprint density at radius 1 is 1.14 bits per heavy atom. The average Bonchev–Trinajstić information content (AvgIpc) is 3.25. The lowest BCUT2D eigenvalue weighted by Gasteiger charge is -2.12. The molecule has 0 saturated carbocycles. The Kier molecular flexibility index (Phi) is 4.96. The molecule has 2 aromatic heterocycles. The SMILES string of the molecule is Cc1[nH]c2ccccc2c1C(=O)[C@@H](C)OC(=O)CCc1nc2ccccc2s1. The van der Waals surface area contributed by atoms with E-state index in [4.69, 9.17) is 4.74 Å². The molecule has 1 N–H and O–H groups in total. The fourth-order valence-corrected chi connectivity index (χ4v) is 4.31. The van der Waals surface area contributed by atoms with Crippen LogP contribution in [0.15, 0.2) is 48.5 Å². The number of H-pyrrole nitrogens is 1. The van der Waals surface area contributed by atoms with Crippen LogP contribution in [0.1, 0.15) is 34.4 Å². The van der Waals surface area contributed by atoms with E-state index in [2.05, 4.69) is 9.97 Å². The van der Waals surface area contributed by atoms with Gasteiger partial charge < -0.3 is 9.72 Å². The van der Waals surface area contributed by atoms with Gasteiger partial charge in [-0.1, -0.05) is 30.3 Å². The number of esters is 1. The quantitative estimate of drug-likeness (QED) is 0.377. The first-order valence-corrected chi connectivity index (χ1v) is 10.00. The number of ether oxygens (including phenoxy) is 1. The molecule has 142 valence electrons. The summed E-state index contributed by atoms with van der Waals surface area (Å²) in [6, 6.07) is 15.5. The second kappa shape index (κ2) is 7.56. The molecule has 0 aliphatic carbocycles. The van der Waals surface area contributed by atoms with Crippen molar-refractivity contribution in [3.63, 3.8) is 0 Å².